The molecule has 3 N–H and O–H groups in total. The fourth-order valence-corrected chi connectivity index (χ4v) is 4.90. The summed E-state index contributed by atoms with van der Waals surface area (Å²) in [6.45, 7) is 3.23. The molecule has 1 fully saturated rings. The zero-order valence-electron chi connectivity index (χ0n) is 19.2. The summed E-state index contributed by atoms with van der Waals surface area (Å²) in [5, 5.41) is 9.32. The number of anilines is 2. The van der Waals surface area contributed by atoms with Crippen molar-refractivity contribution < 1.29 is 9.59 Å². The summed E-state index contributed by atoms with van der Waals surface area (Å²) in [4.78, 5) is 41.0. The highest BCUT2D eigenvalue weighted by Gasteiger charge is 2.22. The van der Waals surface area contributed by atoms with Crippen LogP contribution < -0.4 is 15.5 Å². The Kier molecular flexibility index (Phi) is 6.89. The molecule has 35 heavy (non-hydrogen) atoms. The molecule has 1 aliphatic rings. The first-order chi connectivity index (χ1) is 17.2. The standard InChI is InChI=1S/C25H27N7O2S/c33-23(27-10-8-18-16-28-21-6-2-1-5-20(18)21)15-19-17-35-24(29-19)30-25(34)32-13-11-31(12-14-32)22-7-3-4-9-26-22/h1-7,9,16-17,28H,8,10-15H2,(H,27,33)(H,29,30,34). The molecule has 1 aromatic carbocycles. The molecule has 180 valence electrons. The Morgan fingerprint density at radius 3 is 2.71 bits per heavy atom. The number of fused-ring (bicyclic) bond motifs is 1. The van der Waals surface area contributed by atoms with E-state index in [1.807, 2.05) is 48.0 Å². The molecule has 4 aromatic rings. The van der Waals surface area contributed by atoms with Gasteiger partial charge in [0.05, 0.1) is 12.1 Å². The predicted molar refractivity (Wildman–Crippen MR) is 138 cm³/mol. The summed E-state index contributed by atoms with van der Waals surface area (Å²) in [6, 6.07) is 13.8. The van der Waals surface area contributed by atoms with Crippen molar-refractivity contribution in [2.45, 2.75) is 12.8 Å². The highest BCUT2D eigenvalue weighted by Crippen LogP contribution is 2.19. The number of carbonyl (C=O) groups is 2. The minimum absolute atomic E-state index is 0.0846. The molecule has 1 saturated heterocycles. The Balaban J connectivity index is 1.05. The number of aromatic nitrogens is 3. The van der Waals surface area contributed by atoms with E-state index in [0.29, 0.717) is 30.5 Å². The van der Waals surface area contributed by atoms with Crippen LogP contribution in [0.3, 0.4) is 0 Å². The first-order valence-electron chi connectivity index (χ1n) is 11.6. The van der Waals surface area contributed by atoms with Crippen LogP contribution in [0, 0.1) is 0 Å². The van der Waals surface area contributed by atoms with E-state index < -0.39 is 0 Å². The number of para-hydroxylation sites is 1. The quantitative estimate of drug-likeness (QED) is 0.369. The number of piperazine rings is 1. The van der Waals surface area contributed by atoms with Crippen LogP contribution in [0.2, 0.25) is 0 Å². The largest absolute Gasteiger partial charge is 0.361 e. The predicted octanol–water partition coefficient (Wildman–Crippen LogP) is 3.27. The van der Waals surface area contributed by atoms with Gasteiger partial charge in [0, 0.05) is 61.4 Å². The zero-order chi connectivity index (χ0) is 24.0. The van der Waals surface area contributed by atoms with Crippen molar-refractivity contribution in [1.82, 2.24) is 25.2 Å². The number of urea groups is 1. The number of amides is 3. The fourth-order valence-electron chi connectivity index (χ4n) is 4.20. The Bertz CT molecular complexity index is 1300. The Labute approximate surface area is 207 Å². The van der Waals surface area contributed by atoms with Crippen molar-refractivity contribution in [3.63, 3.8) is 0 Å². The third kappa shape index (κ3) is 5.60. The van der Waals surface area contributed by atoms with Crippen molar-refractivity contribution in [1.29, 1.82) is 0 Å². The number of carbonyl (C=O) groups excluding carboxylic acids is 2. The average Bonchev–Trinajstić information content (AvgIpc) is 3.51. The summed E-state index contributed by atoms with van der Waals surface area (Å²) < 4.78 is 0. The lowest BCUT2D eigenvalue weighted by molar-refractivity contribution is -0.120. The molecule has 4 heterocycles. The summed E-state index contributed by atoms with van der Waals surface area (Å²) in [5.41, 5.74) is 2.93. The number of H-pyrrole nitrogens is 1. The van der Waals surface area contributed by atoms with Crippen molar-refractivity contribution >= 4 is 45.1 Å². The maximum absolute atomic E-state index is 12.7. The number of aromatic amines is 1. The van der Waals surface area contributed by atoms with E-state index in [4.69, 9.17) is 0 Å². The Morgan fingerprint density at radius 1 is 1.06 bits per heavy atom. The topological polar surface area (TPSA) is 106 Å². The number of hydrogen-bond acceptors (Lipinski definition) is 6. The summed E-state index contributed by atoms with van der Waals surface area (Å²) >= 11 is 1.33. The average molecular weight is 490 g/mol. The van der Waals surface area contributed by atoms with Gasteiger partial charge >= 0.3 is 6.03 Å². The molecule has 0 aliphatic carbocycles. The minimum Gasteiger partial charge on any atom is -0.361 e. The molecule has 9 nitrogen and oxygen atoms in total. The Morgan fingerprint density at radius 2 is 1.89 bits per heavy atom. The summed E-state index contributed by atoms with van der Waals surface area (Å²) in [6.07, 6.45) is 4.70. The van der Waals surface area contributed by atoms with E-state index in [1.165, 1.54) is 22.3 Å². The number of pyridine rings is 1. The maximum atomic E-state index is 12.7. The SMILES string of the molecule is O=C(Cc1csc(NC(=O)N2CCN(c3ccccn3)CC2)n1)NCCc1c[nH]c2ccccc12. The van der Waals surface area contributed by atoms with Gasteiger partial charge in [-0.1, -0.05) is 24.3 Å². The van der Waals surface area contributed by atoms with Gasteiger partial charge in [-0.15, -0.1) is 11.3 Å². The summed E-state index contributed by atoms with van der Waals surface area (Å²) in [5.74, 6) is 0.843. The van der Waals surface area contributed by atoms with E-state index in [1.54, 1.807) is 11.1 Å². The van der Waals surface area contributed by atoms with Crippen LogP contribution in [0.15, 0.2) is 60.2 Å². The van der Waals surface area contributed by atoms with Gasteiger partial charge < -0.3 is 20.1 Å². The monoisotopic (exact) mass is 489 g/mol. The maximum Gasteiger partial charge on any atom is 0.323 e. The number of nitrogens with zero attached hydrogens (tertiary/aromatic N) is 4. The highest BCUT2D eigenvalue weighted by atomic mass is 32.1. The Hall–Kier alpha value is -3.92. The first-order valence-corrected chi connectivity index (χ1v) is 12.5. The second-order valence-corrected chi connectivity index (χ2v) is 9.23. The molecule has 0 bridgehead atoms. The molecule has 0 unspecified atom stereocenters. The van der Waals surface area contributed by atoms with Crippen molar-refractivity contribution in [3.8, 4) is 0 Å². The molecular formula is C25H27N7O2S. The van der Waals surface area contributed by atoms with Crippen LogP contribution in [-0.4, -0.2) is 64.5 Å². The smallest absolute Gasteiger partial charge is 0.323 e. The summed E-state index contributed by atoms with van der Waals surface area (Å²) in [7, 11) is 0. The zero-order valence-corrected chi connectivity index (χ0v) is 20.1. The number of benzene rings is 1. The van der Waals surface area contributed by atoms with E-state index in [2.05, 4.69) is 36.6 Å². The van der Waals surface area contributed by atoms with E-state index >= 15 is 0 Å². The van der Waals surface area contributed by atoms with E-state index in [-0.39, 0.29) is 18.4 Å². The molecule has 0 saturated carbocycles. The number of thiazole rings is 1. The van der Waals surface area contributed by atoms with Gasteiger partial charge in [0.25, 0.3) is 0 Å². The molecule has 10 heteroatoms. The first kappa shape index (κ1) is 22.9. The van der Waals surface area contributed by atoms with Crippen molar-refractivity contribution in [2.75, 3.05) is 42.9 Å². The van der Waals surface area contributed by atoms with Gasteiger partial charge in [0.1, 0.15) is 5.82 Å². The molecular weight excluding hydrogens is 462 g/mol. The molecule has 3 aromatic heterocycles. The van der Waals surface area contributed by atoms with Crippen molar-refractivity contribution in [2.24, 2.45) is 0 Å². The normalized spacial score (nSPS) is 13.7. The van der Waals surface area contributed by atoms with Gasteiger partial charge in [-0.05, 0) is 30.2 Å². The van der Waals surface area contributed by atoms with E-state index in [9.17, 15) is 9.59 Å². The third-order valence-electron chi connectivity index (χ3n) is 6.04. The van der Waals surface area contributed by atoms with Gasteiger partial charge in [-0.3, -0.25) is 10.1 Å². The third-order valence-corrected chi connectivity index (χ3v) is 6.85. The van der Waals surface area contributed by atoms with Crippen molar-refractivity contribution in [3.05, 3.63) is 71.5 Å². The van der Waals surface area contributed by atoms with Crippen LogP contribution in [0.5, 0.6) is 0 Å². The minimum atomic E-state index is -0.172. The molecule has 0 atom stereocenters. The lowest BCUT2D eigenvalue weighted by atomic mass is 10.1. The molecule has 5 rings (SSSR count). The van der Waals surface area contributed by atoms with Crippen LogP contribution in [0.4, 0.5) is 15.7 Å². The highest BCUT2D eigenvalue weighted by molar-refractivity contribution is 7.13. The van der Waals surface area contributed by atoms with Crippen LogP contribution in [0.1, 0.15) is 11.3 Å². The number of nitrogens with one attached hydrogen (secondary N) is 3. The lowest BCUT2D eigenvalue weighted by Gasteiger charge is -2.35. The second-order valence-electron chi connectivity index (χ2n) is 8.37. The molecule has 0 radical (unpaired) electrons. The van der Waals surface area contributed by atoms with Crippen LogP contribution in [0.25, 0.3) is 10.9 Å². The number of hydrogen-bond donors (Lipinski definition) is 3. The fraction of sp³-hybridized carbons (Fsp3) is 0.280. The van der Waals surface area contributed by atoms with Gasteiger partial charge in [0.15, 0.2) is 5.13 Å². The second kappa shape index (κ2) is 10.6. The molecule has 3 amide bonds. The van der Waals surface area contributed by atoms with Gasteiger partial charge in [-0.25, -0.2) is 14.8 Å². The van der Waals surface area contributed by atoms with Gasteiger partial charge in [-0.2, -0.15) is 0 Å². The molecule has 1 aliphatic heterocycles. The number of rotatable bonds is 7. The van der Waals surface area contributed by atoms with E-state index in [0.717, 1.165) is 30.8 Å². The lowest BCUT2D eigenvalue weighted by Crippen LogP contribution is -2.50. The molecule has 0 spiro atoms. The van der Waals surface area contributed by atoms with Crippen LogP contribution >= 0.6 is 11.3 Å². The van der Waals surface area contributed by atoms with Crippen LogP contribution in [-0.2, 0) is 17.6 Å². The van der Waals surface area contributed by atoms with Gasteiger partial charge in [0.2, 0.25) is 5.91 Å².